The predicted octanol–water partition coefficient (Wildman–Crippen LogP) is 0.478. The lowest BCUT2D eigenvalue weighted by Gasteiger charge is -2.32. The Bertz CT molecular complexity index is 250. The van der Waals surface area contributed by atoms with Crippen molar-refractivity contribution in [2.75, 3.05) is 26.2 Å². The summed E-state index contributed by atoms with van der Waals surface area (Å²) in [6.45, 7) is 1.70. The Morgan fingerprint density at radius 2 is 1.94 bits per heavy atom. The van der Waals surface area contributed by atoms with Crippen molar-refractivity contribution in [2.45, 2.75) is 31.5 Å². The lowest BCUT2D eigenvalue weighted by molar-refractivity contribution is -0.186. The third-order valence-corrected chi connectivity index (χ3v) is 2.84. The van der Waals surface area contributed by atoms with Gasteiger partial charge < -0.3 is 16.0 Å². The van der Waals surface area contributed by atoms with Gasteiger partial charge in [0.15, 0.2) is 0 Å². The summed E-state index contributed by atoms with van der Waals surface area (Å²) in [5.74, 6) is -1.72. The zero-order valence-electron chi connectivity index (χ0n) is 9.59. The van der Waals surface area contributed by atoms with Gasteiger partial charge in [0.25, 0.3) is 0 Å². The first-order valence-corrected chi connectivity index (χ1v) is 5.74. The van der Waals surface area contributed by atoms with Crippen molar-refractivity contribution in [1.29, 1.82) is 0 Å². The van der Waals surface area contributed by atoms with Crippen molar-refractivity contribution in [1.82, 2.24) is 10.2 Å². The number of amides is 1. The molecular weight excluding hydrogens is 235 g/mol. The second kappa shape index (κ2) is 6.20. The molecule has 100 valence electrons. The quantitative estimate of drug-likeness (QED) is 0.716. The number of rotatable bonds is 4. The normalized spacial score (nSPS) is 18.5. The van der Waals surface area contributed by atoms with E-state index in [2.05, 4.69) is 5.32 Å². The maximum Gasteiger partial charge on any atom is 0.471 e. The van der Waals surface area contributed by atoms with Crippen molar-refractivity contribution in [3.8, 4) is 0 Å². The average Bonchev–Trinajstić information content (AvgIpc) is 2.28. The molecule has 0 atom stereocenters. The molecule has 0 aromatic heterocycles. The number of halogens is 3. The first-order valence-electron chi connectivity index (χ1n) is 5.74. The van der Waals surface area contributed by atoms with E-state index >= 15 is 0 Å². The van der Waals surface area contributed by atoms with Gasteiger partial charge in [0, 0.05) is 19.1 Å². The largest absolute Gasteiger partial charge is 0.471 e. The molecule has 1 aliphatic rings. The van der Waals surface area contributed by atoms with Crippen LogP contribution in [0.3, 0.4) is 0 Å². The molecule has 4 nitrogen and oxygen atoms in total. The second-order valence-electron chi connectivity index (χ2n) is 4.16. The van der Waals surface area contributed by atoms with E-state index in [-0.39, 0.29) is 19.1 Å². The van der Waals surface area contributed by atoms with E-state index in [1.165, 1.54) is 0 Å². The fourth-order valence-electron chi connectivity index (χ4n) is 1.87. The van der Waals surface area contributed by atoms with E-state index in [0.717, 1.165) is 17.9 Å². The van der Waals surface area contributed by atoms with Gasteiger partial charge in [-0.2, -0.15) is 13.2 Å². The van der Waals surface area contributed by atoms with Gasteiger partial charge in [-0.3, -0.25) is 4.79 Å². The zero-order chi connectivity index (χ0) is 12.9. The van der Waals surface area contributed by atoms with E-state index in [0.29, 0.717) is 19.4 Å². The molecule has 0 aromatic rings. The van der Waals surface area contributed by atoms with Crippen molar-refractivity contribution >= 4 is 5.91 Å². The highest BCUT2D eigenvalue weighted by atomic mass is 19.4. The van der Waals surface area contributed by atoms with Gasteiger partial charge in [-0.15, -0.1) is 0 Å². The van der Waals surface area contributed by atoms with Crippen molar-refractivity contribution in [3.05, 3.63) is 0 Å². The van der Waals surface area contributed by atoms with Crippen LogP contribution >= 0.6 is 0 Å². The minimum Gasteiger partial charge on any atom is -0.335 e. The molecule has 0 spiro atoms. The molecule has 0 saturated carbocycles. The second-order valence-corrected chi connectivity index (χ2v) is 4.16. The number of carbonyl (C=O) groups is 1. The van der Waals surface area contributed by atoms with E-state index in [1.54, 1.807) is 0 Å². The smallest absolute Gasteiger partial charge is 0.335 e. The zero-order valence-corrected chi connectivity index (χ0v) is 9.59. The molecule has 0 radical (unpaired) electrons. The first-order chi connectivity index (χ1) is 7.95. The number of nitrogens with two attached hydrogens (primary N) is 1. The van der Waals surface area contributed by atoms with Crippen LogP contribution in [0.2, 0.25) is 0 Å². The van der Waals surface area contributed by atoms with Crippen LogP contribution in [0, 0.1) is 0 Å². The molecule has 1 heterocycles. The maximum absolute atomic E-state index is 12.2. The van der Waals surface area contributed by atoms with E-state index in [9.17, 15) is 18.0 Å². The van der Waals surface area contributed by atoms with Gasteiger partial charge >= 0.3 is 12.1 Å². The fraction of sp³-hybridized carbons (Fsp3) is 0.900. The lowest BCUT2D eigenvalue weighted by Crippen LogP contribution is -2.49. The number of hydrogen-bond acceptors (Lipinski definition) is 3. The van der Waals surface area contributed by atoms with Crippen molar-refractivity contribution in [2.24, 2.45) is 5.73 Å². The number of likely N-dealkylation sites (tertiary alicyclic amines) is 1. The van der Waals surface area contributed by atoms with Gasteiger partial charge in [0.1, 0.15) is 0 Å². The minimum absolute atomic E-state index is 0.165. The average molecular weight is 253 g/mol. The standard InChI is InChI=1S/C10H18F3N3O/c11-10(12,13)9(17)16-6-2-8(3-7-16)15-5-1-4-14/h8,15H,1-7,14H2. The summed E-state index contributed by atoms with van der Waals surface area (Å²) in [6.07, 6.45) is -2.78. The topological polar surface area (TPSA) is 58.4 Å². The van der Waals surface area contributed by atoms with Crippen molar-refractivity contribution < 1.29 is 18.0 Å². The third kappa shape index (κ3) is 4.51. The molecule has 1 aliphatic heterocycles. The van der Waals surface area contributed by atoms with E-state index in [1.807, 2.05) is 0 Å². The van der Waals surface area contributed by atoms with Crippen LogP contribution in [0.25, 0.3) is 0 Å². The third-order valence-electron chi connectivity index (χ3n) is 2.84. The van der Waals surface area contributed by atoms with Crippen molar-refractivity contribution in [3.63, 3.8) is 0 Å². The number of alkyl halides is 3. The summed E-state index contributed by atoms with van der Waals surface area (Å²) < 4.78 is 36.5. The Morgan fingerprint density at radius 3 is 2.41 bits per heavy atom. The van der Waals surface area contributed by atoms with Gasteiger partial charge in [-0.1, -0.05) is 0 Å². The molecule has 17 heavy (non-hydrogen) atoms. The van der Waals surface area contributed by atoms with Gasteiger partial charge in [-0.25, -0.2) is 0 Å². The summed E-state index contributed by atoms with van der Waals surface area (Å²) in [6, 6.07) is 0.193. The number of hydrogen-bond donors (Lipinski definition) is 2. The fourth-order valence-corrected chi connectivity index (χ4v) is 1.87. The first kappa shape index (κ1) is 14.2. The van der Waals surface area contributed by atoms with Crippen LogP contribution < -0.4 is 11.1 Å². The molecule has 7 heteroatoms. The minimum atomic E-state index is -4.75. The molecule has 1 saturated heterocycles. The molecule has 1 amide bonds. The van der Waals surface area contributed by atoms with Crippen LogP contribution in [0.5, 0.6) is 0 Å². The Labute approximate surface area is 98.3 Å². The van der Waals surface area contributed by atoms with E-state index in [4.69, 9.17) is 5.73 Å². The number of piperidine rings is 1. The van der Waals surface area contributed by atoms with Crippen LogP contribution in [0.15, 0.2) is 0 Å². The highest BCUT2D eigenvalue weighted by Crippen LogP contribution is 2.21. The Morgan fingerprint density at radius 1 is 1.35 bits per heavy atom. The highest BCUT2D eigenvalue weighted by Gasteiger charge is 2.43. The molecule has 1 rings (SSSR count). The van der Waals surface area contributed by atoms with Gasteiger partial charge in [-0.05, 0) is 32.4 Å². The summed E-state index contributed by atoms with van der Waals surface area (Å²) in [5, 5.41) is 3.22. The summed E-state index contributed by atoms with van der Waals surface area (Å²) >= 11 is 0. The Kier molecular flexibility index (Phi) is 5.20. The molecule has 0 unspecified atom stereocenters. The molecule has 1 fully saturated rings. The van der Waals surface area contributed by atoms with Gasteiger partial charge in [0.2, 0.25) is 0 Å². The summed E-state index contributed by atoms with van der Waals surface area (Å²) in [5.41, 5.74) is 5.34. The number of nitrogens with zero attached hydrogens (tertiary/aromatic N) is 1. The maximum atomic E-state index is 12.2. The molecule has 3 N–H and O–H groups in total. The summed E-state index contributed by atoms with van der Waals surface area (Å²) in [4.78, 5) is 11.8. The Hall–Kier alpha value is -0.820. The number of carbonyl (C=O) groups excluding carboxylic acids is 1. The SMILES string of the molecule is NCCCNC1CCN(C(=O)C(F)(F)F)CC1. The lowest BCUT2D eigenvalue weighted by atomic mass is 10.0. The highest BCUT2D eigenvalue weighted by molar-refractivity contribution is 5.81. The van der Waals surface area contributed by atoms with Crippen LogP contribution in [-0.2, 0) is 4.79 Å². The van der Waals surface area contributed by atoms with Crippen LogP contribution in [0.4, 0.5) is 13.2 Å². The molecule has 0 aliphatic carbocycles. The van der Waals surface area contributed by atoms with Crippen LogP contribution in [-0.4, -0.2) is 49.2 Å². The summed E-state index contributed by atoms with van der Waals surface area (Å²) in [7, 11) is 0. The number of nitrogens with one attached hydrogen (secondary N) is 1. The molecule has 0 bridgehead atoms. The van der Waals surface area contributed by atoms with E-state index < -0.39 is 12.1 Å². The molecule has 0 aromatic carbocycles. The molecular formula is C10H18F3N3O. The monoisotopic (exact) mass is 253 g/mol. The predicted molar refractivity (Wildman–Crippen MR) is 57.3 cm³/mol. The Balaban J connectivity index is 2.28. The van der Waals surface area contributed by atoms with Crippen LogP contribution in [0.1, 0.15) is 19.3 Å². The van der Waals surface area contributed by atoms with Gasteiger partial charge in [0.05, 0.1) is 0 Å².